The third-order valence-electron chi connectivity index (χ3n) is 2.39. The number of anilines is 1. The van der Waals surface area contributed by atoms with Gasteiger partial charge in [0, 0.05) is 12.6 Å². The predicted octanol–water partition coefficient (Wildman–Crippen LogP) is -0.207. The largest absolute Gasteiger partial charge is 0.360 e. The van der Waals surface area contributed by atoms with E-state index in [-0.39, 0.29) is 12.5 Å². The number of aryl methyl sites for hydroxylation is 1. The number of likely N-dealkylation sites (N-methyl/N-ethyl adjacent to an activating group) is 1. The Balaban J connectivity index is 2.21. The van der Waals surface area contributed by atoms with Crippen molar-refractivity contribution in [3.63, 3.8) is 0 Å². The SMILES string of the molecule is Cc1cc(NC(=O)CN(C)CCCNS(C)(=O)=O)no1. The molecule has 114 valence electrons. The van der Waals surface area contributed by atoms with Crippen LogP contribution in [-0.2, 0) is 14.8 Å². The molecule has 0 aromatic carbocycles. The van der Waals surface area contributed by atoms with Crippen molar-refractivity contribution in [3.05, 3.63) is 11.8 Å². The van der Waals surface area contributed by atoms with E-state index in [0.717, 1.165) is 6.26 Å². The summed E-state index contributed by atoms with van der Waals surface area (Å²) in [5.41, 5.74) is 0. The summed E-state index contributed by atoms with van der Waals surface area (Å²) in [6.45, 7) is 2.90. The van der Waals surface area contributed by atoms with Crippen LogP contribution in [-0.4, -0.2) is 57.3 Å². The van der Waals surface area contributed by atoms with Crippen LogP contribution in [0.4, 0.5) is 5.82 Å². The highest BCUT2D eigenvalue weighted by Crippen LogP contribution is 2.06. The maximum atomic E-state index is 11.7. The van der Waals surface area contributed by atoms with Gasteiger partial charge in [-0.25, -0.2) is 13.1 Å². The van der Waals surface area contributed by atoms with Gasteiger partial charge in [0.05, 0.1) is 12.8 Å². The first-order chi connectivity index (χ1) is 9.26. The average molecular weight is 304 g/mol. The van der Waals surface area contributed by atoms with E-state index < -0.39 is 10.0 Å². The highest BCUT2D eigenvalue weighted by Gasteiger charge is 2.09. The van der Waals surface area contributed by atoms with Crippen LogP contribution in [0.25, 0.3) is 0 Å². The molecule has 1 amide bonds. The second-order valence-corrected chi connectivity index (χ2v) is 6.46. The number of amides is 1. The minimum Gasteiger partial charge on any atom is -0.360 e. The molecule has 8 nitrogen and oxygen atoms in total. The summed E-state index contributed by atoms with van der Waals surface area (Å²) in [5.74, 6) is 0.817. The number of hydrogen-bond donors (Lipinski definition) is 2. The number of nitrogens with zero attached hydrogens (tertiary/aromatic N) is 2. The molecular weight excluding hydrogens is 284 g/mol. The summed E-state index contributed by atoms with van der Waals surface area (Å²) >= 11 is 0. The van der Waals surface area contributed by atoms with Crippen molar-refractivity contribution in [2.75, 3.05) is 38.3 Å². The predicted molar refractivity (Wildman–Crippen MR) is 74.8 cm³/mol. The minimum atomic E-state index is -3.15. The van der Waals surface area contributed by atoms with Crippen LogP contribution in [0, 0.1) is 6.92 Å². The van der Waals surface area contributed by atoms with Crippen molar-refractivity contribution in [2.24, 2.45) is 0 Å². The van der Waals surface area contributed by atoms with Crippen LogP contribution < -0.4 is 10.0 Å². The molecule has 1 rings (SSSR count). The summed E-state index contributed by atoms with van der Waals surface area (Å²) in [5, 5.41) is 6.27. The van der Waals surface area contributed by atoms with E-state index in [1.807, 2.05) is 0 Å². The Bertz CT molecular complexity index is 540. The van der Waals surface area contributed by atoms with Gasteiger partial charge in [-0.15, -0.1) is 0 Å². The molecule has 0 unspecified atom stereocenters. The van der Waals surface area contributed by atoms with Gasteiger partial charge in [-0.05, 0) is 26.9 Å². The Morgan fingerprint density at radius 3 is 2.75 bits per heavy atom. The Morgan fingerprint density at radius 2 is 2.20 bits per heavy atom. The van der Waals surface area contributed by atoms with Gasteiger partial charge >= 0.3 is 0 Å². The fourth-order valence-electron chi connectivity index (χ4n) is 1.54. The number of aromatic nitrogens is 1. The van der Waals surface area contributed by atoms with Crippen molar-refractivity contribution in [1.82, 2.24) is 14.8 Å². The molecule has 0 aliphatic heterocycles. The number of carbonyl (C=O) groups excluding carboxylic acids is 1. The first kappa shape index (κ1) is 16.6. The first-order valence-electron chi connectivity index (χ1n) is 6.12. The van der Waals surface area contributed by atoms with Crippen LogP contribution in [0.1, 0.15) is 12.2 Å². The molecule has 0 spiro atoms. The lowest BCUT2D eigenvalue weighted by atomic mass is 10.4. The van der Waals surface area contributed by atoms with Crippen molar-refractivity contribution >= 4 is 21.7 Å². The Kier molecular flexibility index (Phi) is 6.11. The molecule has 2 N–H and O–H groups in total. The number of carbonyl (C=O) groups is 1. The molecule has 1 aromatic heterocycles. The lowest BCUT2D eigenvalue weighted by molar-refractivity contribution is -0.117. The van der Waals surface area contributed by atoms with Crippen LogP contribution in [0.3, 0.4) is 0 Å². The molecule has 0 bridgehead atoms. The van der Waals surface area contributed by atoms with Gasteiger partial charge in [0.25, 0.3) is 0 Å². The second-order valence-electron chi connectivity index (χ2n) is 4.63. The molecule has 0 fully saturated rings. The van der Waals surface area contributed by atoms with Gasteiger partial charge in [0.15, 0.2) is 5.82 Å². The fourth-order valence-corrected chi connectivity index (χ4v) is 2.05. The van der Waals surface area contributed by atoms with Crippen LogP contribution in [0.15, 0.2) is 10.6 Å². The summed E-state index contributed by atoms with van der Waals surface area (Å²) in [7, 11) is -1.36. The van der Waals surface area contributed by atoms with E-state index in [9.17, 15) is 13.2 Å². The monoisotopic (exact) mass is 304 g/mol. The zero-order valence-electron chi connectivity index (χ0n) is 11.8. The first-order valence-corrected chi connectivity index (χ1v) is 8.02. The van der Waals surface area contributed by atoms with E-state index in [1.54, 1.807) is 24.9 Å². The lowest BCUT2D eigenvalue weighted by Gasteiger charge is -2.15. The molecule has 1 heterocycles. The smallest absolute Gasteiger partial charge is 0.239 e. The third-order valence-corrected chi connectivity index (χ3v) is 3.12. The molecule has 20 heavy (non-hydrogen) atoms. The molecule has 0 saturated heterocycles. The lowest BCUT2D eigenvalue weighted by Crippen LogP contribution is -2.33. The standard InChI is InChI=1S/C11H20N4O4S/c1-9-7-10(14-19-9)13-11(16)8-15(2)6-4-5-12-20(3,17)18/h7,12H,4-6,8H2,1-3H3,(H,13,14,16). The summed E-state index contributed by atoms with van der Waals surface area (Å²) in [4.78, 5) is 13.5. The minimum absolute atomic E-state index is 0.197. The van der Waals surface area contributed by atoms with E-state index >= 15 is 0 Å². The maximum absolute atomic E-state index is 11.7. The molecule has 0 radical (unpaired) electrons. The Hall–Kier alpha value is -1.45. The van der Waals surface area contributed by atoms with Gasteiger partial charge in [0.2, 0.25) is 15.9 Å². The van der Waals surface area contributed by atoms with Crippen molar-refractivity contribution in [1.29, 1.82) is 0 Å². The number of rotatable bonds is 8. The molecule has 0 aliphatic rings. The Labute approximate surface area is 118 Å². The van der Waals surface area contributed by atoms with E-state index in [0.29, 0.717) is 31.1 Å². The zero-order valence-corrected chi connectivity index (χ0v) is 12.7. The van der Waals surface area contributed by atoms with Crippen LogP contribution in [0.2, 0.25) is 0 Å². The van der Waals surface area contributed by atoms with Gasteiger partial charge in [-0.2, -0.15) is 0 Å². The van der Waals surface area contributed by atoms with Gasteiger partial charge in [0.1, 0.15) is 5.76 Å². The van der Waals surface area contributed by atoms with Crippen molar-refractivity contribution < 1.29 is 17.7 Å². The molecule has 0 saturated carbocycles. The van der Waals surface area contributed by atoms with Crippen LogP contribution >= 0.6 is 0 Å². The van der Waals surface area contributed by atoms with Gasteiger partial charge in [-0.1, -0.05) is 5.16 Å². The summed E-state index contributed by atoms with van der Waals surface area (Å²) in [6, 6.07) is 1.63. The topological polar surface area (TPSA) is 105 Å². The highest BCUT2D eigenvalue weighted by molar-refractivity contribution is 7.88. The number of sulfonamides is 1. The summed E-state index contributed by atoms with van der Waals surface area (Å²) < 4.78 is 28.9. The van der Waals surface area contributed by atoms with E-state index in [1.165, 1.54) is 0 Å². The van der Waals surface area contributed by atoms with Crippen LogP contribution in [0.5, 0.6) is 0 Å². The molecular formula is C11H20N4O4S. The van der Waals surface area contributed by atoms with E-state index in [2.05, 4.69) is 15.2 Å². The molecule has 0 atom stereocenters. The highest BCUT2D eigenvalue weighted by atomic mass is 32.2. The van der Waals surface area contributed by atoms with Gasteiger partial charge in [-0.3, -0.25) is 9.69 Å². The van der Waals surface area contributed by atoms with Gasteiger partial charge < -0.3 is 9.84 Å². The third kappa shape index (κ3) is 7.22. The number of hydrogen-bond acceptors (Lipinski definition) is 6. The quantitative estimate of drug-likeness (QED) is 0.644. The normalized spacial score (nSPS) is 11.8. The maximum Gasteiger partial charge on any atom is 0.239 e. The fraction of sp³-hybridized carbons (Fsp3) is 0.636. The second kappa shape index (κ2) is 7.36. The number of nitrogens with one attached hydrogen (secondary N) is 2. The van der Waals surface area contributed by atoms with Crippen molar-refractivity contribution in [3.8, 4) is 0 Å². The molecule has 9 heteroatoms. The average Bonchev–Trinajstić information content (AvgIpc) is 2.68. The molecule has 1 aromatic rings. The van der Waals surface area contributed by atoms with Crippen molar-refractivity contribution in [2.45, 2.75) is 13.3 Å². The Morgan fingerprint density at radius 1 is 1.50 bits per heavy atom. The molecule has 0 aliphatic carbocycles. The summed E-state index contributed by atoms with van der Waals surface area (Å²) in [6.07, 6.45) is 1.74. The van der Waals surface area contributed by atoms with E-state index in [4.69, 9.17) is 4.52 Å². The zero-order chi connectivity index (χ0) is 15.2.